The Morgan fingerprint density at radius 1 is 1.21 bits per heavy atom. The van der Waals surface area contributed by atoms with Gasteiger partial charge < -0.3 is 30.1 Å². The fourth-order valence-corrected chi connectivity index (χ4v) is 5.09. The lowest BCUT2D eigenvalue weighted by atomic mass is 9.90. The highest BCUT2D eigenvalue weighted by atomic mass is 32.2. The van der Waals surface area contributed by atoms with E-state index >= 15 is 0 Å². The zero-order valence-electron chi connectivity index (χ0n) is 15.3. The Hall–Kier alpha value is -1.53. The highest BCUT2D eigenvalue weighted by Crippen LogP contribution is 2.34. The summed E-state index contributed by atoms with van der Waals surface area (Å²) in [6, 6.07) is 4.31. The first-order chi connectivity index (χ1) is 14.0. The van der Waals surface area contributed by atoms with E-state index in [1.165, 1.54) is 23.5 Å². The van der Waals surface area contributed by atoms with E-state index in [1.54, 1.807) is 24.0 Å². The molecule has 3 heterocycles. The second kappa shape index (κ2) is 8.68. The molecule has 4 rings (SSSR count). The number of anilines is 1. The maximum Gasteiger partial charge on any atom is 0.126 e. The number of thiazole rings is 1. The van der Waals surface area contributed by atoms with Crippen LogP contribution >= 0.6 is 23.1 Å². The summed E-state index contributed by atoms with van der Waals surface area (Å²) >= 11 is 3.16. The van der Waals surface area contributed by atoms with Gasteiger partial charge in [0.05, 0.1) is 23.7 Å². The van der Waals surface area contributed by atoms with Gasteiger partial charge >= 0.3 is 0 Å². The van der Waals surface area contributed by atoms with Crippen molar-refractivity contribution in [2.45, 2.75) is 36.9 Å². The molecule has 0 spiro atoms. The number of nitrogens with zero attached hydrogens (tertiary/aromatic N) is 2. The second-order valence-corrected chi connectivity index (χ2v) is 8.88. The molecule has 1 aromatic carbocycles. The molecule has 2 aliphatic rings. The number of aliphatic hydroxyl groups excluding tert-OH is 4. The molecule has 5 atom stereocenters. The molecule has 1 fully saturated rings. The Morgan fingerprint density at radius 3 is 2.76 bits per heavy atom. The fourth-order valence-electron chi connectivity index (χ4n) is 3.38. The van der Waals surface area contributed by atoms with Crippen molar-refractivity contribution in [3.05, 3.63) is 58.0 Å². The standard InChI is InChI=1S/C19H21FN2O5S2/c20-12-2-1-10(19-18(26)17(25)16(24)13(8-23)27-19)5-11(12)6-14-21-7-15(29-14)22-3-4-28-9-22/h1-5,7,13,16-19,23-26H,6,8-9H2/t13-,16-,17+,18-,19+/m1/s1. The molecule has 156 valence electrons. The van der Waals surface area contributed by atoms with Crippen LogP contribution in [0.3, 0.4) is 0 Å². The molecular formula is C19H21FN2O5S2. The summed E-state index contributed by atoms with van der Waals surface area (Å²) in [5.74, 6) is 0.412. The van der Waals surface area contributed by atoms with Crippen molar-refractivity contribution in [2.75, 3.05) is 17.4 Å². The van der Waals surface area contributed by atoms with Crippen molar-refractivity contribution in [1.29, 1.82) is 0 Å². The third-order valence-electron chi connectivity index (χ3n) is 5.01. The largest absolute Gasteiger partial charge is 0.394 e. The monoisotopic (exact) mass is 440 g/mol. The van der Waals surface area contributed by atoms with Crippen LogP contribution in [0.1, 0.15) is 22.2 Å². The molecule has 10 heteroatoms. The SMILES string of the molecule is OC[C@H]1O[C@@H](c2ccc(F)c(Cc3ncc(N4C=CSC4)s3)c2)[C@H](O)[C@@H](O)[C@@H]1O. The molecule has 0 amide bonds. The van der Waals surface area contributed by atoms with Gasteiger partial charge in [-0.1, -0.05) is 6.07 Å². The smallest absolute Gasteiger partial charge is 0.126 e. The number of ether oxygens (including phenoxy) is 1. The number of thioether (sulfide) groups is 1. The van der Waals surface area contributed by atoms with Crippen LogP contribution in [0.4, 0.5) is 9.39 Å². The Labute approximate surface area is 175 Å². The Balaban J connectivity index is 1.55. The van der Waals surface area contributed by atoms with E-state index in [4.69, 9.17) is 4.74 Å². The first-order valence-electron chi connectivity index (χ1n) is 9.06. The lowest BCUT2D eigenvalue weighted by Crippen LogP contribution is -2.55. The number of aromatic nitrogens is 1. The quantitative estimate of drug-likeness (QED) is 0.553. The number of rotatable bonds is 5. The average Bonchev–Trinajstić information content (AvgIpc) is 3.40. The van der Waals surface area contributed by atoms with Crippen LogP contribution in [-0.2, 0) is 11.2 Å². The molecule has 29 heavy (non-hydrogen) atoms. The minimum absolute atomic E-state index is 0.270. The minimum Gasteiger partial charge on any atom is -0.394 e. The van der Waals surface area contributed by atoms with Crippen LogP contribution in [-0.4, -0.2) is 62.3 Å². The van der Waals surface area contributed by atoms with E-state index in [2.05, 4.69) is 9.88 Å². The number of hydrogen-bond acceptors (Lipinski definition) is 9. The Bertz CT molecular complexity index is 893. The van der Waals surface area contributed by atoms with E-state index < -0.39 is 42.9 Å². The summed E-state index contributed by atoms with van der Waals surface area (Å²) in [5, 5.41) is 43.3. The van der Waals surface area contributed by atoms with E-state index in [1.807, 2.05) is 11.6 Å². The summed E-state index contributed by atoms with van der Waals surface area (Å²) in [7, 11) is 0. The van der Waals surface area contributed by atoms with Gasteiger partial charge in [0, 0.05) is 12.6 Å². The van der Waals surface area contributed by atoms with Crippen LogP contribution in [0.25, 0.3) is 0 Å². The van der Waals surface area contributed by atoms with Crippen molar-refractivity contribution in [3.8, 4) is 0 Å². The topological polar surface area (TPSA) is 106 Å². The molecule has 4 N–H and O–H groups in total. The van der Waals surface area contributed by atoms with Gasteiger partial charge in [-0.25, -0.2) is 9.37 Å². The molecule has 0 saturated carbocycles. The van der Waals surface area contributed by atoms with Gasteiger partial charge in [-0.15, -0.1) is 23.1 Å². The maximum atomic E-state index is 14.4. The number of hydrogen-bond donors (Lipinski definition) is 4. The van der Waals surface area contributed by atoms with Crippen LogP contribution in [0, 0.1) is 5.82 Å². The molecule has 0 radical (unpaired) electrons. The third kappa shape index (κ3) is 4.19. The van der Waals surface area contributed by atoms with Crippen LogP contribution in [0.5, 0.6) is 0 Å². The van der Waals surface area contributed by atoms with Crippen molar-refractivity contribution >= 4 is 28.1 Å². The average molecular weight is 441 g/mol. The third-order valence-corrected chi connectivity index (χ3v) is 6.78. The summed E-state index contributed by atoms with van der Waals surface area (Å²) in [6.07, 6.45) is -2.32. The van der Waals surface area contributed by atoms with Crippen LogP contribution < -0.4 is 4.90 Å². The molecule has 1 aromatic heterocycles. The predicted molar refractivity (Wildman–Crippen MR) is 108 cm³/mol. The molecule has 2 aliphatic heterocycles. The van der Waals surface area contributed by atoms with Gasteiger partial charge in [0.2, 0.25) is 0 Å². The van der Waals surface area contributed by atoms with Gasteiger partial charge in [0.1, 0.15) is 41.3 Å². The Morgan fingerprint density at radius 2 is 2.03 bits per heavy atom. The molecule has 7 nitrogen and oxygen atoms in total. The summed E-state index contributed by atoms with van der Waals surface area (Å²) in [6.45, 7) is -0.513. The zero-order chi connectivity index (χ0) is 20.5. The summed E-state index contributed by atoms with van der Waals surface area (Å²) < 4.78 is 20.0. The fraction of sp³-hybridized carbons (Fsp3) is 0.421. The number of benzene rings is 1. The number of halogens is 1. The molecule has 0 aliphatic carbocycles. The van der Waals surface area contributed by atoms with Gasteiger partial charge in [-0.05, 0) is 28.7 Å². The first-order valence-corrected chi connectivity index (χ1v) is 10.9. The molecular weight excluding hydrogens is 419 g/mol. The van der Waals surface area contributed by atoms with Crippen molar-refractivity contribution in [1.82, 2.24) is 4.98 Å². The van der Waals surface area contributed by atoms with Gasteiger partial charge in [-0.3, -0.25) is 0 Å². The Kier molecular flexibility index (Phi) is 6.21. The van der Waals surface area contributed by atoms with E-state index in [0.29, 0.717) is 11.1 Å². The number of aliphatic hydroxyl groups is 4. The highest BCUT2D eigenvalue weighted by molar-refractivity contribution is 8.02. The van der Waals surface area contributed by atoms with E-state index in [0.717, 1.165) is 15.9 Å². The first kappa shape index (κ1) is 20.7. The van der Waals surface area contributed by atoms with E-state index in [9.17, 15) is 24.8 Å². The minimum atomic E-state index is -1.48. The van der Waals surface area contributed by atoms with E-state index in [-0.39, 0.29) is 6.42 Å². The van der Waals surface area contributed by atoms with Crippen LogP contribution in [0.15, 0.2) is 36.0 Å². The molecule has 1 saturated heterocycles. The van der Waals surface area contributed by atoms with Crippen molar-refractivity contribution < 1.29 is 29.6 Å². The zero-order valence-corrected chi connectivity index (χ0v) is 16.9. The van der Waals surface area contributed by atoms with Crippen molar-refractivity contribution in [2.24, 2.45) is 0 Å². The van der Waals surface area contributed by atoms with Crippen LogP contribution in [0.2, 0.25) is 0 Å². The highest BCUT2D eigenvalue weighted by Gasteiger charge is 2.44. The molecule has 2 aromatic rings. The normalized spacial score (nSPS) is 29.6. The lowest BCUT2D eigenvalue weighted by molar-refractivity contribution is -0.231. The lowest BCUT2D eigenvalue weighted by Gasteiger charge is -2.40. The molecule has 0 unspecified atom stereocenters. The van der Waals surface area contributed by atoms with Gasteiger partial charge in [-0.2, -0.15) is 0 Å². The van der Waals surface area contributed by atoms with Gasteiger partial charge in [0.25, 0.3) is 0 Å². The van der Waals surface area contributed by atoms with Crippen molar-refractivity contribution in [3.63, 3.8) is 0 Å². The predicted octanol–water partition coefficient (Wildman–Crippen LogP) is 1.37. The maximum absolute atomic E-state index is 14.4. The van der Waals surface area contributed by atoms with Gasteiger partial charge in [0.15, 0.2) is 0 Å². The second-order valence-electron chi connectivity index (χ2n) is 6.92. The summed E-state index contributed by atoms with van der Waals surface area (Å²) in [4.78, 5) is 6.44. The summed E-state index contributed by atoms with van der Waals surface area (Å²) in [5.41, 5.74) is 0.834. The molecule has 0 bridgehead atoms.